The van der Waals surface area contributed by atoms with E-state index in [-0.39, 0.29) is 11.9 Å². The molecule has 82 valence electrons. The van der Waals surface area contributed by atoms with Crippen molar-refractivity contribution in [1.29, 1.82) is 0 Å². The predicted octanol–water partition coefficient (Wildman–Crippen LogP) is 0.281. The summed E-state index contributed by atoms with van der Waals surface area (Å²) < 4.78 is 4.92. The molecule has 14 heavy (non-hydrogen) atoms. The summed E-state index contributed by atoms with van der Waals surface area (Å²) in [5, 5.41) is 6.10. The monoisotopic (exact) mass is 200 g/mol. The molecular formula is C10H20N2O2. The summed E-state index contributed by atoms with van der Waals surface area (Å²) in [5.74, 6) is 0.153. The maximum absolute atomic E-state index is 11.5. The first-order valence-corrected chi connectivity index (χ1v) is 5.34. The number of hydrogen-bond acceptors (Lipinski definition) is 3. The Hall–Kier alpha value is -0.610. The summed E-state index contributed by atoms with van der Waals surface area (Å²) in [6, 6.07) is 0.0532. The Morgan fingerprint density at radius 1 is 1.57 bits per heavy atom. The molecule has 1 fully saturated rings. The SMILES string of the molecule is COCCCCNC(=O)[C@@H]1CCCN1. The van der Waals surface area contributed by atoms with E-state index >= 15 is 0 Å². The van der Waals surface area contributed by atoms with Crippen LogP contribution in [0.3, 0.4) is 0 Å². The van der Waals surface area contributed by atoms with Gasteiger partial charge in [0.25, 0.3) is 0 Å². The number of unbranched alkanes of at least 4 members (excludes halogenated alkanes) is 1. The minimum absolute atomic E-state index is 0.0532. The van der Waals surface area contributed by atoms with Crippen molar-refractivity contribution in [2.45, 2.75) is 31.7 Å². The molecule has 0 saturated carbocycles. The molecule has 0 aromatic heterocycles. The molecular weight excluding hydrogens is 180 g/mol. The molecule has 0 aromatic carbocycles. The number of hydrogen-bond donors (Lipinski definition) is 2. The molecule has 4 heteroatoms. The van der Waals surface area contributed by atoms with Crippen molar-refractivity contribution in [1.82, 2.24) is 10.6 Å². The van der Waals surface area contributed by atoms with Crippen LogP contribution in [0.25, 0.3) is 0 Å². The Bertz CT molecular complexity index is 168. The van der Waals surface area contributed by atoms with Gasteiger partial charge in [0.1, 0.15) is 0 Å². The molecule has 0 radical (unpaired) electrons. The van der Waals surface area contributed by atoms with E-state index in [9.17, 15) is 4.79 Å². The molecule has 0 aromatic rings. The van der Waals surface area contributed by atoms with Crippen molar-refractivity contribution < 1.29 is 9.53 Å². The van der Waals surface area contributed by atoms with Crippen molar-refractivity contribution in [3.63, 3.8) is 0 Å². The summed E-state index contributed by atoms with van der Waals surface area (Å²) in [5.41, 5.74) is 0. The van der Waals surface area contributed by atoms with Crippen molar-refractivity contribution >= 4 is 5.91 Å². The topological polar surface area (TPSA) is 50.4 Å². The predicted molar refractivity (Wildman–Crippen MR) is 55.1 cm³/mol. The molecule has 0 spiro atoms. The number of methoxy groups -OCH3 is 1. The average molecular weight is 200 g/mol. The van der Waals surface area contributed by atoms with Crippen LogP contribution in [-0.2, 0) is 9.53 Å². The van der Waals surface area contributed by atoms with Gasteiger partial charge in [-0.05, 0) is 32.2 Å². The van der Waals surface area contributed by atoms with Crippen LogP contribution in [0.1, 0.15) is 25.7 Å². The molecule has 0 unspecified atom stereocenters. The van der Waals surface area contributed by atoms with Crippen molar-refractivity contribution in [2.75, 3.05) is 26.8 Å². The number of amides is 1. The second kappa shape index (κ2) is 6.79. The number of carbonyl (C=O) groups is 1. The van der Waals surface area contributed by atoms with Gasteiger partial charge in [0.15, 0.2) is 0 Å². The van der Waals surface area contributed by atoms with Crippen LogP contribution in [0, 0.1) is 0 Å². The van der Waals surface area contributed by atoms with Gasteiger partial charge in [0, 0.05) is 20.3 Å². The largest absolute Gasteiger partial charge is 0.385 e. The van der Waals surface area contributed by atoms with E-state index in [0.29, 0.717) is 0 Å². The van der Waals surface area contributed by atoms with E-state index < -0.39 is 0 Å². The molecule has 1 rings (SSSR count). The van der Waals surface area contributed by atoms with Gasteiger partial charge in [-0.2, -0.15) is 0 Å². The molecule has 0 aliphatic carbocycles. The standard InChI is InChI=1S/C10H20N2O2/c1-14-8-3-2-6-12-10(13)9-5-4-7-11-9/h9,11H,2-8H2,1H3,(H,12,13)/t9-/m0/s1. The normalized spacial score (nSPS) is 21.1. The fourth-order valence-corrected chi connectivity index (χ4v) is 1.61. The number of nitrogens with one attached hydrogen (secondary N) is 2. The third-order valence-electron chi connectivity index (χ3n) is 2.45. The van der Waals surface area contributed by atoms with Crippen molar-refractivity contribution in [3.05, 3.63) is 0 Å². The number of carbonyl (C=O) groups excluding carboxylic acids is 1. The lowest BCUT2D eigenvalue weighted by Crippen LogP contribution is -2.40. The van der Waals surface area contributed by atoms with Crippen LogP contribution in [0.5, 0.6) is 0 Å². The molecule has 1 aliphatic heterocycles. The van der Waals surface area contributed by atoms with E-state index in [1.807, 2.05) is 0 Å². The van der Waals surface area contributed by atoms with E-state index in [1.54, 1.807) is 7.11 Å². The molecule has 1 atom stereocenters. The minimum Gasteiger partial charge on any atom is -0.385 e. The highest BCUT2D eigenvalue weighted by atomic mass is 16.5. The third kappa shape index (κ3) is 4.07. The van der Waals surface area contributed by atoms with Gasteiger partial charge in [0.2, 0.25) is 5.91 Å². The molecule has 1 amide bonds. The van der Waals surface area contributed by atoms with E-state index in [0.717, 1.165) is 45.4 Å². The van der Waals surface area contributed by atoms with Gasteiger partial charge in [-0.1, -0.05) is 0 Å². The fourth-order valence-electron chi connectivity index (χ4n) is 1.61. The molecule has 2 N–H and O–H groups in total. The Morgan fingerprint density at radius 3 is 3.07 bits per heavy atom. The zero-order valence-corrected chi connectivity index (χ0v) is 8.84. The van der Waals surface area contributed by atoms with Crippen LogP contribution >= 0.6 is 0 Å². The lowest BCUT2D eigenvalue weighted by Gasteiger charge is -2.10. The van der Waals surface area contributed by atoms with Gasteiger partial charge in [-0.3, -0.25) is 4.79 Å². The van der Waals surface area contributed by atoms with Crippen LogP contribution < -0.4 is 10.6 Å². The second-order valence-electron chi connectivity index (χ2n) is 3.64. The van der Waals surface area contributed by atoms with Gasteiger partial charge >= 0.3 is 0 Å². The Kier molecular flexibility index (Phi) is 5.56. The highest BCUT2D eigenvalue weighted by Crippen LogP contribution is 2.04. The summed E-state index contributed by atoms with van der Waals surface area (Å²) in [6.45, 7) is 2.51. The fraction of sp³-hybridized carbons (Fsp3) is 0.900. The molecule has 1 heterocycles. The highest BCUT2D eigenvalue weighted by molar-refractivity contribution is 5.81. The number of ether oxygens (including phenoxy) is 1. The quantitative estimate of drug-likeness (QED) is 0.606. The van der Waals surface area contributed by atoms with E-state index in [2.05, 4.69) is 10.6 Å². The zero-order chi connectivity index (χ0) is 10.2. The van der Waals surface area contributed by atoms with Gasteiger partial charge < -0.3 is 15.4 Å². The molecule has 1 saturated heterocycles. The smallest absolute Gasteiger partial charge is 0.237 e. The zero-order valence-electron chi connectivity index (χ0n) is 8.84. The van der Waals surface area contributed by atoms with Gasteiger partial charge in [-0.25, -0.2) is 0 Å². The summed E-state index contributed by atoms with van der Waals surface area (Å²) in [7, 11) is 1.70. The van der Waals surface area contributed by atoms with Crippen LogP contribution in [0.4, 0.5) is 0 Å². The van der Waals surface area contributed by atoms with E-state index in [1.165, 1.54) is 0 Å². The third-order valence-corrected chi connectivity index (χ3v) is 2.45. The average Bonchev–Trinajstić information content (AvgIpc) is 2.70. The minimum atomic E-state index is 0.0532. The Labute approximate surface area is 85.4 Å². The first kappa shape index (κ1) is 11.5. The van der Waals surface area contributed by atoms with Crippen molar-refractivity contribution in [3.8, 4) is 0 Å². The lowest BCUT2D eigenvalue weighted by atomic mass is 10.2. The second-order valence-corrected chi connectivity index (χ2v) is 3.64. The maximum Gasteiger partial charge on any atom is 0.237 e. The molecule has 1 aliphatic rings. The van der Waals surface area contributed by atoms with Crippen LogP contribution in [-0.4, -0.2) is 38.8 Å². The van der Waals surface area contributed by atoms with E-state index in [4.69, 9.17) is 4.74 Å². The van der Waals surface area contributed by atoms with Crippen molar-refractivity contribution in [2.24, 2.45) is 0 Å². The first-order chi connectivity index (χ1) is 6.84. The maximum atomic E-state index is 11.5. The van der Waals surface area contributed by atoms with Crippen LogP contribution in [0.2, 0.25) is 0 Å². The Balaban J connectivity index is 1.97. The summed E-state index contributed by atoms with van der Waals surface area (Å²) >= 11 is 0. The van der Waals surface area contributed by atoms with Gasteiger partial charge in [-0.15, -0.1) is 0 Å². The Morgan fingerprint density at radius 2 is 2.43 bits per heavy atom. The highest BCUT2D eigenvalue weighted by Gasteiger charge is 2.20. The van der Waals surface area contributed by atoms with Gasteiger partial charge in [0.05, 0.1) is 6.04 Å². The number of rotatable bonds is 6. The first-order valence-electron chi connectivity index (χ1n) is 5.34. The molecule has 0 bridgehead atoms. The lowest BCUT2D eigenvalue weighted by molar-refractivity contribution is -0.122. The van der Waals surface area contributed by atoms with Crippen LogP contribution in [0.15, 0.2) is 0 Å². The molecule has 4 nitrogen and oxygen atoms in total. The summed E-state index contributed by atoms with van der Waals surface area (Å²) in [4.78, 5) is 11.5. The summed E-state index contributed by atoms with van der Waals surface area (Å²) in [6.07, 6.45) is 4.09.